The summed E-state index contributed by atoms with van der Waals surface area (Å²) in [5.41, 5.74) is 0.667. The number of nitrogens with zero attached hydrogens (tertiary/aromatic N) is 1. The van der Waals surface area contributed by atoms with E-state index in [2.05, 4.69) is 15.5 Å². The summed E-state index contributed by atoms with van der Waals surface area (Å²) in [6, 6.07) is 19.8. The van der Waals surface area contributed by atoms with E-state index in [4.69, 9.17) is 9.47 Å². The maximum absolute atomic E-state index is 14.9. The number of para-hydroxylation sites is 2. The standard InChI is InChI=1S/C30H27N3O5/c1-37-22-14-13-17(16-23(22)38-2)25(34)26-29(18-8-3-5-10-20(18)31-27(29)35)24-12-7-15-33(24)30(26)19-9-4-6-11-21(19)32-28(30)36/h3-6,8-11,13-14,16,24,26H,7,12,15H2,1-2H3,(H,31,35)(H,32,36)/t24-,26-,29+,30+/m1/s1. The molecule has 2 N–H and O–H groups in total. The van der Waals surface area contributed by atoms with Gasteiger partial charge < -0.3 is 20.1 Å². The van der Waals surface area contributed by atoms with Crippen molar-refractivity contribution in [3.8, 4) is 11.5 Å². The molecule has 0 aliphatic carbocycles. The van der Waals surface area contributed by atoms with Gasteiger partial charge in [0, 0.05) is 28.5 Å². The van der Waals surface area contributed by atoms with Gasteiger partial charge in [0.15, 0.2) is 17.3 Å². The summed E-state index contributed by atoms with van der Waals surface area (Å²) in [6.07, 6.45) is 1.53. The van der Waals surface area contributed by atoms with Crippen LogP contribution in [0.5, 0.6) is 11.5 Å². The Bertz CT molecular complexity index is 1460. The molecule has 3 aromatic rings. The van der Waals surface area contributed by atoms with Gasteiger partial charge in [0.25, 0.3) is 0 Å². The number of nitrogens with one attached hydrogen (secondary N) is 2. The first-order chi connectivity index (χ1) is 18.5. The maximum atomic E-state index is 14.9. The van der Waals surface area contributed by atoms with E-state index in [9.17, 15) is 14.4 Å². The fourth-order valence-corrected chi connectivity index (χ4v) is 7.66. The Kier molecular flexibility index (Phi) is 4.79. The molecule has 8 heteroatoms. The highest BCUT2D eigenvalue weighted by Gasteiger charge is 2.78. The summed E-state index contributed by atoms with van der Waals surface area (Å²) in [5, 5.41) is 6.13. The summed E-state index contributed by atoms with van der Waals surface area (Å²) in [5.74, 6) is -0.882. The van der Waals surface area contributed by atoms with E-state index in [0.717, 1.165) is 17.5 Å². The minimum absolute atomic E-state index is 0.233. The van der Waals surface area contributed by atoms with Crippen LogP contribution in [0.2, 0.25) is 0 Å². The zero-order valence-corrected chi connectivity index (χ0v) is 21.1. The van der Waals surface area contributed by atoms with Crippen LogP contribution in [0.25, 0.3) is 0 Å². The number of anilines is 2. The topological polar surface area (TPSA) is 97.0 Å². The molecule has 4 aliphatic heterocycles. The number of Topliss-reactive ketones (excluding diaryl/α,β-unsaturated/α-hetero) is 1. The Morgan fingerprint density at radius 3 is 2.26 bits per heavy atom. The zero-order valence-electron chi connectivity index (χ0n) is 21.1. The molecule has 0 unspecified atom stereocenters. The number of benzene rings is 3. The number of hydrogen-bond donors (Lipinski definition) is 2. The van der Waals surface area contributed by atoms with E-state index < -0.39 is 16.9 Å². The molecule has 192 valence electrons. The Morgan fingerprint density at radius 2 is 1.53 bits per heavy atom. The highest BCUT2D eigenvalue weighted by molar-refractivity contribution is 6.18. The number of amides is 2. The van der Waals surface area contributed by atoms with Crippen molar-refractivity contribution in [3.05, 3.63) is 83.4 Å². The van der Waals surface area contributed by atoms with Crippen molar-refractivity contribution in [1.82, 2.24) is 4.90 Å². The van der Waals surface area contributed by atoms with Gasteiger partial charge in [-0.3, -0.25) is 19.3 Å². The quantitative estimate of drug-likeness (QED) is 0.521. The molecule has 4 heterocycles. The van der Waals surface area contributed by atoms with Crippen LogP contribution in [0.1, 0.15) is 34.3 Å². The predicted molar refractivity (Wildman–Crippen MR) is 141 cm³/mol. The fraction of sp³-hybridized carbons (Fsp3) is 0.300. The van der Waals surface area contributed by atoms with Gasteiger partial charge in [0.1, 0.15) is 11.0 Å². The van der Waals surface area contributed by atoms with Gasteiger partial charge in [0.2, 0.25) is 11.8 Å². The number of ether oxygens (including phenoxy) is 2. The van der Waals surface area contributed by atoms with Crippen LogP contribution >= 0.6 is 0 Å². The summed E-state index contributed by atoms with van der Waals surface area (Å²) in [6.45, 7) is 0.610. The third-order valence-electron chi connectivity index (χ3n) is 8.96. The number of hydrogen-bond acceptors (Lipinski definition) is 6. The molecule has 3 aromatic carbocycles. The minimum atomic E-state index is -1.34. The maximum Gasteiger partial charge on any atom is 0.250 e. The molecule has 7 rings (SSSR count). The van der Waals surface area contributed by atoms with Crippen molar-refractivity contribution in [3.63, 3.8) is 0 Å². The Hall–Kier alpha value is -4.17. The van der Waals surface area contributed by atoms with E-state index in [1.54, 1.807) is 18.2 Å². The molecule has 2 spiro atoms. The van der Waals surface area contributed by atoms with Gasteiger partial charge in [-0.25, -0.2) is 0 Å². The van der Waals surface area contributed by atoms with Gasteiger partial charge in [-0.05, 0) is 55.3 Å². The molecule has 4 atom stereocenters. The average Bonchev–Trinajstić information content (AvgIpc) is 3.66. The van der Waals surface area contributed by atoms with Crippen LogP contribution in [-0.2, 0) is 20.5 Å². The first-order valence-corrected chi connectivity index (χ1v) is 12.8. The molecule has 0 bridgehead atoms. The predicted octanol–water partition coefficient (Wildman–Crippen LogP) is 3.72. The van der Waals surface area contributed by atoms with Gasteiger partial charge in [-0.2, -0.15) is 0 Å². The first-order valence-electron chi connectivity index (χ1n) is 12.8. The van der Waals surface area contributed by atoms with Gasteiger partial charge in [-0.1, -0.05) is 36.4 Å². The summed E-state index contributed by atoms with van der Waals surface area (Å²) in [7, 11) is 3.05. The Labute approximate surface area is 219 Å². The van der Waals surface area contributed by atoms with Gasteiger partial charge >= 0.3 is 0 Å². The second kappa shape index (κ2) is 7.91. The molecule has 0 radical (unpaired) electrons. The Morgan fingerprint density at radius 1 is 0.868 bits per heavy atom. The molecule has 2 amide bonds. The monoisotopic (exact) mass is 509 g/mol. The summed E-state index contributed by atoms with van der Waals surface area (Å²) >= 11 is 0. The number of rotatable bonds is 4. The van der Waals surface area contributed by atoms with Crippen LogP contribution in [0.4, 0.5) is 11.4 Å². The second-order valence-electron chi connectivity index (χ2n) is 10.4. The highest BCUT2D eigenvalue weighted by atomic mass is 16.5. The molecule has 2 saturated heterocycles. The number of ketones is 1. The SMILES string of the molecule is COc1ccc(C(=O)[C@@H]2[C@@]3(C(=O)Nc4ccccc43)[C@H]3CCCN3[C@]23C(=O)Nc2ccccc23)cc1OC. The summed E-state index contributed by atoms with van der Waals surface area (Å²) in [4.78, 5) is 45.5. The smallest absolute Gasteiger partial charge is 0.250 e. The van der Waals surface area contributed by atoms with E-state index in [1.165, 1.54) is 14.2 Å². The van der Waals surface area contributed by atoms with Gasteiger partial charge in [-0.15, -0.1) is 0 Å². The number of carbonyl (C=O) groups excluding carboxylic acids is 3. The second-order valence-corrected chi connectivity index (χ2v) is 10.4. The third kappa shape index (κ3) is 2.55. The van der Waals surface area contributed by atoms with E-state index in [-0.39, 0.29) is 23.6 Å². The third-order valence-corrected chi connectivity index (χ3v) is 8.96. The molecule has 0 aromatic heterocycles. The number of methoxy groups -OCH3 is 2. The molecule has 4 aliphatic rings. The molecule has 38 heavy (non-hydrogen) atoms. The first kappa shape index (κ1) is 23.0. The van der Waals surface area contributed by atoms with E-state index >= 15 is 0 Å². The molecule has 0 saturated carbocycles. The molecular weight excluding hydrogens is 482 g/mol. The number of carbonyl (C=O) groups is 3. The highest BCUT2D eigenvalue weighted by Crippen LogP contribution is 2.66. The summed E-state index contributed by atoms with van der Waals surface area (Å²) < 4.78 is 10.9. The molecule has 2 fully saturated rings. The lowest BCUT2D eigenvalue weighted by molar-refractivity contribution is -0.128. The van der Waals surface area contributed by atoms with Crippen LogP contribution in [0, 0.1) is 5.92 Å². The zero-order chi connectivity index (χ0) is 26.2. The van der Waals surface area contributed by atoms with Crippen molar-refractivity contribution in [1.29, 1.82) is 0 Å². The largest absolute Gasteiger partial charge is 0.493 e. The van der Waals surface area contributed by atoms with E-state index in [1.807, 2.05) is 48.5 Å². The molecule has 8 nitrogen and oxygen atoms in total. The van der Waals surface area contributed by atoms with Crippen molar-refractivity contribution in [2.45, 2.75) is 29.8 Å². The normalized spacial score (nSPS) is 28.7. The van der Waals surface area contributed by atoms with Crippen molar-refractivity contribution < 1.29 is 23.9 Å². The van der Waals surface area contributed by atoms with Crippen LogP contribution in [0.15, 0.2) is 66.7 Å². The lowest BCUT2D eigenvalue weighted by atomic mass is 9.60. The van der Waals surface area contributed by atoms with Crippen LogP contribution in [-0.4, -0.2) is 49.3 Å². The van der Waals surface area contributed by atoms with Crippen molar-refractivity contribution in [2.24, 2.45) is 5.92 Å². The van der Waals surface area contributed by atoms with Gasteiger partial charge in [0.05, 0.1) is 20.1 Å². The van der Waals surface area contributed by atoms with Crippen LogP contribution in [0.3, 0.4) is 0 Å². The lowest BCUT2D eigenvalue weighted by Gasteiger charge is -2.38. The van der Waals surface area contributed by atoms with Crippen LogP contribution < -0.4 is 20.1 Å². The van der Waals surface area contributed by atoms with Crippen molar-refractivity contribution in [2.75, 3.05) is 31.4 Å². The minimum Gasteiger partial charge on any atom is -0.493 e. The average molecular weight is 510 g/mol. The Balaban J connectivity index is 1.55. The number of fused-ring (bicyclic) bond motifs is 7. The van der Waals surface area contributed by atoms with E-state index in [0.29, 0.717) is 41.4 Å². The fourth-order valence-electron chi connectivity index (χ4n) is 7.66. The molecular formula is C30H27N3O5. The lowest BCUT2D eigenvalue weighted by Crippen LogP contribution is -2.55. The van der Waals surface area contributed by atoms with Crippen molar-refractivity contribution >= 4 is 29.0 Å².